The number of hydrogen-bond acceptors (Lipinski definition) is 4. The number of halogens is 1. The molecule has 5 heteroatoms. The fraction of sp³-hybridized carbons (Fsp3) is 0.0833. The maximum absolute atomic E-state index is 12.1. The normalized spacial score (nSPS) is 16.0. The molecule has 3 aromatic carbocycles. The van der Waals surface area contributed by atoms with Gasteiger partial charge in [0.15, 0.2) is 18.0 Å². The van der Waals surface area contributed by atoms with Crippen molar-refractivity contribution in [2.45, 2.75) is 13.0 Å². The summed E-state index contributed by atoms with van der Waals surface area (Å²) in [7, 11) is 0. The van der Waals surface area contributed by atoms with Crippen LogP contribution in [-0.4, -0.2) is 6.29 Å². The molecule has 0 saturated carbocycles. The number of hydrogen-bond donors (Lipinski definition) is 0. The molecule has 1 atom stereocenters. The van der Waals surface area contributed by atoms with E-state index in [2.05, 4.69) is 0 Å². The highest BCUT2D eigenvalue weighted by Crippen LogP contribution is 2.47. The van der Waals surface area contributed by atoms with Crippen LogP contribution in [0.25, 0.3) is 26.8 Å². The largest absolute Gasteiger partial charge is 0.480 e. The lowest BCUT2D eigenvalue weighted by atomic mass is 9.92. The number of aryl methyl sites for hydroxylation is 1. The van der Waals surface area contributed by atoms with Gasteiger partial charge in [-0.2, -0.15) is 0 Å². The predicted molar refractivity (Wildman–Crippen MR) is 113 cm³/mol. The Morgan fingerprint density at radius 3 is 2.62 bits per heavy atom. The van der Waals surface area contributed by atoms with Crippen LogP contribution < -0.4 is 10.4 Å². The second-order valence-electron chi connectivity index (χ2n) is 7.02. The van der Waals surface area contributed by atoms with Crippen molar-refractivity contribution in [1.82, 2.24) is 0 Å². The summed E-state index contributed by atoms with van der Waals surface area (Å²) in [5.41, 5.74) is 2.20. The molecule has 0 N–H and O–H groups in total. The first-order valence-electron chi connectivity index (χ1n) is 9.15. The number of fused-ring (bicyclic) bond motifs is 4. The molecule has 0 fully saturated rings. The molecule has 1 unspecified atom stereocenters. The Morgan fingerprint density at radius 2 is 1.79 bits per heavy atom. The van der Waals surface area contributed by atoms with Crippen LogP contribution in [0.4, 0.5) is 0 Å². The van der Waals surface area contributed by atoms with Gasteiger partial charge in [-0.3, -0.25) is 4.79 Å². The molecule has 142 valence electrons. The van der Waals surface area contributed by atoms with E-state index in [0.717, 1.165) is 27.3 Å². The zero-order valence-electron chi connectivity index (χ0n) is 15.4. The van der Waals surface area contributed by atoms with E-state index >= 15 is 0 Å². The van der Waals surface area contributed by atoms with Crippen molar-refractivity contribution < 1.29 is 13.9 Å². The Labute approximate surface area is 171 Å². The molecule has 4 nitrogen and oxygen atoms in total. The van der Waals surface area contributed by atoms with Gasteiger partial charge in [-0.1, -0.05) is 54.1 Å². The minimum atomic E-state index is -0.660. The maximum atomic E-state index is 12.1. The molecule has 0 saturated heterocycles. The SMILES string of the molecule is Cc1cc(=O)oc2c3c(ccc12)OC(c1cccc2ccccc12)C(C=O)=C3Cl. The van der Waals surface area contributed by atoms with Crippen LogP contribution >= 0.6 is 11.6 Å². The fourth-order valence-corrected chi connectivity index (χ4v) is 4.27. The van der Waals surface area contributed by atoms with Gasteiger partial charge in [0.05, 0.1) is 16.2 Å². The summed E-state index contributed by atoms with van der Waals surface area (Å²) < 4.78 is 11.7. The number of benzene rings is 3. The fourth-order valence-electron chi connectivity index (χ4n) is 3.95. The summed E-state index contributed by atoms with van der Waals surface area (Å²) >= 11 is 6.70. The Balaban J connectivity index is 1.80. The van der Waals surface area contributed by atoms with Crippen LogP contribution in [0.5, 0.6) is 5.75 Å². The number of ether oxygens (including phenoxy) is 1. The quantitative estimate of drug-likeness (QED) is 0.326. The molecule has 0 aliphatic carbocycles. The molecular formula is C24H15ClO4. The van der Waals surface area contributed by atoms with E-state index < -0.39 is 11.7 Å². The van der Waals surface area contributed by atoms with E-state index in [1.165, 1.54) is 6.07 Å². The maximum Gasteiger partial charge on any atom is 0.336 e. The van der Waals surface area contributed by atoms with E-state index in [4.69, 9.17) is 20.8 Å². The monoisotopic (exact) mass is 402 g/mol. The topological polar surface area (TPSA) is 56.5 Å². The van der Waals surface area contributed by atoms with Gasteiger partial charge in [-0.15, -0.1) is 0 Å². The number of aldehydes is 1. The summed E-state index contributed by atoms with van der Waals surface area (Å²) in [6, 6.07) is 18.8. The van der Waals surface area contributed by atoms with Gasteiger partial charge < -0.3 is 9.15 Å². The lowest BCUT2D eigenvalue weighted by Gasteiger charge is -2.28. The van der Waals surface area contributed by atoms with Gasteiger partial charge in [-0.05, 0) is 35.4 Å². The lowest BCUT2D eigenvalue weighted by molar-refractivity contribution is -0.105. The highest BCUT2D eigenvalue weighted by atomic mass is 35.5. The van der Waals surface area contributed by atoms with Gasteiger partial charge in [0.1, 0.15) is 5.75 Å². The summed E-state index contributed by atoms with van der Waals surface area (Å²) in [5.74, 6) is 0.472. The molecule has 2 heterocycles. The van der Waals surface area contributed by atoms with Gasteiger partial charge in [0, 0.05) is 17.0 Å². The van der Waals surface area contributed by atoms with Crippen LogP contribution in [0, 0.1) is 6.92 Å². The molecule has 4 aromatic rings. The molecule has 0 radical (unpaired) electrons. The summed E-state index contributed by atoms with van der Waals surface area (Å²) in [4.78, 5) is 24.0. The van der Waals surface area contributed by atoms with E-state index in [-0.39, 0.29) is 5.03 Å². The average molecular weight is 403 g/mol. The smallest absolute Gasteiger partial charge is 0.336 e. The molecular weight excluding hydrogens is 388 g/mol. The first-order valence-corrected chi connectivity index (χ1v) is 9.53. The van der Waals surface area contributed by atoms with E-state index in [1.54, 1.807) is 6.07 Å². The van der Waals surface area contributed by atoms with Crippen LogP contribution in [0.3, 0.4) is 0 Å². The van der Waals surface area contributed by atoms with Crippen molar-refractivity contribution in [3.05, 3.63) is 93.3 Å². The third kappa shape index (κ3) is 2.68. The lowest BCUT2D eigenvalue weighted by Crippen LogP contribution is -2.18. The molecule has 29 heavy (non-hydrogen) atoms. The van der Waals surface area contributed by atoms with Crippen molar-refractivity contribution in [3.63, 3.8) is 0 Å². The first-order chi connectivity index (χ1) is 14.1. The Kier molecular flexibility index (Phi) is 4.03. The van der Waals surface area contributed by atoms with Gasteiger partial charge in [-0.25, -0.2) is 4.79 Å². The average Bonchev–Trinajstić information content (AvgIpc) is 2.72. The van der Waals surface area contributed by atoms with Crippen molar-refractivity contribution in [3.8, 4) is 5.75 Å². The molecule has 1 aliphatic heterocycles. The van der Waals surface area contributed by atoms with Crippen LogP contribution in [-0.2, 0) is 4.79 Å². The van der Waals surface area contributed by atoms with Crippen LogP contribution in [0.15, 0.2) is 75.4 Å². The second kappa shape index (κ2) is 6.61. The van der Waals surface area contributed by atoms with Gasteiger partial charge >= 0.3 is 5.63 Å². The van der Waals surface area contributed by atoms with Crippen molar-refractivity contribution in [2.75, 3.05) is 0 Å². The molecule has 5 rings (SSSR count). The van der Waals surface area contributed by atoms with E-state index in [9.17, 15) is 9.59 Å². The molecule has 0 amide bonds. The summed E-state index contributed by atoms with van der Waals surface area (Å²) in [5, 5.41) is 3.01. The summed E-state index contributed by atoms with van der Waals surface area (Å²) in [6.45, 7) is 1.83. The standard InChI is InChI=1S/C24H15ClO4/c1-13-11-20(27)29-24-15(13)9-10-19-21(24)22(25)18(12-26)23(28-19)17-8-4-6-14-5-2-3-7-16(14)17/h2-12,23H,1H3. The van der Waals surface area contributed by atoms with Crippen LogP contribution in [0.2, 0.25) is 0 Å². The van der Waals surface area contributed by atoms with Gasteiger partial charge in [0.2, 0.25) is 0 Å². The first kappa shape index (κ1) is 17.7. The third-order valence-corrected chi connectivity index (χ3v) is 5.72. The number of carbonyl (C=O) groups excluding carboxylic acids is 1. The Morgan fingerprint density at radius 1 is 1.00 bits per heavy atom. The zero-order chi connectivity index (χ0) is 20.1. The highest BCUT2D eigenvalue weighted by Gasteiger charge is 2.32. The van der Waals surface area contributed by atoms with Crippen molar-refractivity contribution in [1.29, 1.82) is 0 Å². The Hall–Kier alpha value is -3.37. The zero-order valence-corrected chi connectivity index (χ0v) is 16.2. The van der Waals surface area contributed by atoms with Crippen LogP contribution in [0.1, 0.15) is 22.8 Å². The third-order valence-electron chi connectivity index (χ3n) is 5.31. The highest BCUT2D eigenvalue weighted by molar-refractivity contribution is 6.52. The van der Waals surface area contributed by atoms with Gasteiger partial charge in [0.25, 0.3) is 0 Å². The molecule has 1 aliphatic rings. The molecule has 1 aromatic heterocycles. The summed E-state index contributed by atoms with van der Waals surface area (Å²) in [6.07, 6.45) is 0.0531. The number of carbonyl (C=O) groups is 1. The van der Waals surface area contributed by atoms with Crippen molar-refractivity contribution >= 4 is 44.7 Å². The minimum absolute atomic E-state index is 0.235. The number of rotatable bonds is 2. The Bertz CT molecular complexity index is 1390. The molecule has 0 bridgehead atoms. The van der Waals surface area contributed by atoms with E-state index in [1.807, 2.05) is 55.5 Å². The predicted octanol–water partition coefficient (Wildman–Crippen LogP) is 5.54. The minimum Gasteiger partial charge on any atom is -0.480 e. The second-order valence-corrected chi connectivity index (χ2v) is 7.40. The molecule has 0 spiro atoms. The van der Waals surface area contributed by atoms with Crippen molar-refractivity contribution in [2.24, 2.45) is 0 Å². The van der Waals surface area contributed by atoms with E-state index in [0.29, 0.717) is 28.8 Å².